The van der Waals surface area contributed by atoms with E-state index in [2.05, 4.69) is 12.1 Å². The SMILES string of the molecule is COc1ccc([C@@H]2C3=C(N=c4s/c(=C\c5cccc(Oc6ccc([N+](=O)[O-])cc6[N+](=O)[O-])c5)c(=O)n42)c2ccccc2CC3)cc1. The second kappa shape index (κ2) is 11.6. The van der Waals surface area contributed by atoms with Gasteiger partial charge in [0.25, 0.3) is 11.2 Å². The maximum Gasteiger partial charge on any atom is 0.318 e. The number of nitrogens with zero attached hydrogens (tertiary/aromatic N) is 4. The highest BCUT2D eigenvalue weighted by atomic mass is 32.1. The molecule has 1 aromatic heterocycles. The highest BCUT2D eigenvalue weighted by Gasteiger charge is 2.32. The lowest BCUT2D eigenvalue weighted by Crippen LogP contribution is -2.38. The molecule has 0 radical (unpaired) electrons. The summed E-state index contributed by atoms with van der Waals surface area (Å²) in [5, 5.41) is 22.7. The minimum Gasteiger partial charge on any atom is -0.497 e. The minimum atomic E-state index is -0.732. The van der Waals surface area contributed by atoms with Gasteiger partial charge in [-0.05, 0) is 71.5 Å². The fraction of sp³-hybridized carbons (Fsp3) is 0.118. The number of hydrogen-bond acceptors (Lipinski definition) is 9. The van der Waals surface area contributed by atoms with Crippen LogP contribution >= 0.6 is 11.3 Å². The molecular weight excluding hydrogens is 608 g/mol. The first kappa shape index (κ1) is 28.9. The van der Waals surface area contributed by atoms with Gasteiger partial charge in [-0.3, -0.25) is 29.6 Å². The number of allylic oxidation sites excluding steroid dienone is 1. The third-order valence-corrected chi connectivity index (χ3v) is 9.02. The van der Waals surface area contributed by atoms with E-state index >= 15 is 0 Å². The third kappa shape index (κ3) is 5.14. The van der Waals surface area contributed by atoms with Crippen LogP contribution in [0.25, 0.3) is 11.8 Å². The molecule has 2 heterocycles. The van der Waals surface area contributed by atoms with Crippen LogP contribution in [0.15, 0.2) is 106 Å². The third-order valence-electron chi connectivity index (χ3n) is 8.04. The second-order valence-electron chi connectivity index (χ2n) is 10.7. The summed E-state index contributed by atoms with van der Waals surface area (Å²) in [7, 11) is 1.62. The van der Waals surface area contributed by atoms with Crippen LogP contribution in [0.5, 0.6) is 17.2 Å². The number of nitro benzene ring substituents is 2. The van der Waals surface area contributed by atoms with Gasteiger partial charge in [-0.1, -0.05) is 59.9 Å². The number of methoxy groups -OCH3 is 1. The fourth-order valence-electron chi connectivity index (χ4n) is 5.90. The number of nitro groups is 2. The van der Waals surface area contributed by atoms with Crippen LogP contribution in [0, 0.1) is 20.2 Å². The number of ether oxygens (including phenoxy) is 2. The van der Waals surface area contributed by atoms with Crippen LogP contribution in [0.4, 0.5) is 11.4 Å². The summed E-state index contributed by atoms with van der Waals surface area (Å²) < 4.78 is 13.4. The van der Waals surface area contributed by atoms with Gasteiger partial charge < -0.3 is 9.47 Å². The Labute approximate surface area is 264 Å². The minimum absolute atomic E-state index is 0.141. The van der Waals surface area contributed by atoms with Crippen LogP contribution in [-0.2, 0) is 6.42 Å². The van der Waals surface area contributed by atoms with Crippen LogP contribution in [0.2, 0.25) is 0 Å². The Morgan fingerprint density at radius 3 is 2.48 bits per heavy atom. The summed E-state index contributed by atoms with van der Waals surface area (Å²) in [4.78, 5) is 41.0. The predicted octanol–water partition coefficient (Wildman–Crippen LogP) is 5.94. The summed E-state index contributed by atoms with van der Waals surface area (Å²) in [6.45, 7) is 0. The lowest BCUT2D eigenvalue weighted by Gasteiger charge is -2.30. The van der Waals surface area contributed by atoms with Gasteiger partial charge in [0.05, 0.1) is 39.3 Å². The normalized spacial score (nSPS) is 15.3. The van der Waals surface area contributed by atoms with E-state index in [1.54, 1.807) is 42.0 Å². The molecule has 0 unspecified atom stereocenters. The maximum absolute atomic E-state index is 14.1. The number of fused-ring (bicyclic) bond motifs is 3. The van der Waals surface area contributed by atoms with E-state index in [4.69, 9.17) is 14.5 Å². The van der Waals surface area contributed by atoms with Crippen LogP contribution in [0.3, 0.4) is 0 Å². The Balaban J connectivity index is 1.32. The van der Waals surface area contributed by atoms with Crippen molar-refractivity contribution >= 4 is 34.5 Å². The molecule has 0 amide bonds. The van der Waals surface area contributed by atoms with Crippen LogP contribution in [0.1, 0.15) is 34.7 Å². The summed E-state index contributed by atoms with van der Waals surface area (Å²) >= 11 is 1.29. The van der Waals surface area contributed by atoms with Crippen molar-refractivity contribution in [1.82, 2.24) is 4.57 Å². The van der Waals surface area contributed by atoms with Crippen molar-refractivity contribution in [3.8, 4) is 17.2 Å². The van der Waals surface area contributed by atoms with Crippen molar-refractivity contribution in [3.63, 3.8) is 0 Å². The monoisotopic (exact) mass is 632 g/mol. The molecule has 0 bridgehead atoms. The van der Waals surface area contributed by atoms with E-state index in [0.29, 0.717) is 14.9 Å². The Morgan fingerprint density at radius 2 is 1.72 bits per heavy atom. The Bertz CT molecular complexity index is 2270. The number of benzene rings is 4. The average Bonchev–Trinajstić information content (AvgIpc) is 3.37. The topological polar surface area (TPSA) is 139 Å². The summed E-state index contributed by atoms with van der Waals surface area (Å²) in [6, 6.07) is 25.6. The van der Waals surface area contributed by atoms with Crippen molar-refractivity contribution in [2.75, 3.05) is 7.11 Å². The Morgan fingerprint density at radius 1 is 0.913 bits per heavy atom. The molecular formula is C34H24N4O7S. The summed E-state index contributed by atoms with van der Waals surface area (Å²) in [5.74, 6) is 0.847. The first-order valence-electron chi connectivity index (χ1n) is 14.3. The lowest BCUT2D eigenvalue weighted by molar-refractivity contribution is -0.394. The molecule has 1 atom stereocenters. The lowest BCUT2D eigenvalue weighted by atomic mass is 9.83. The standard InChI is InChI=1S/C34H24N4O7S/c1-44-24-13-9-22(10-14-24)32-27-15-11-21-6-2-3-8-26(21)31(27)35-34-36(32)33(39)30(46-34)18-20-5-4-7-25(17-20)45-29-16-12-23(37(40)41)19-28(29)38(42)43/h2-10,12-14,16-19,32H,11,15H2,1H3/b30-18-/t32-/m1/s1. The van der Waals surface area contributed by atoms with Gasteiger partial charge in [-0.15, -0.1) is 0 Å². The molecule has 0 N–H and O–H groups in total. The van der Waals surface area contributed by atoms with Gasteiger partial charge in [0.2, 0.25) is 5.75 Å². The molecule has 0 saturated heterocycles. The zero-order valence-corrected chi connectivity index (χ0v) is 25.1. The quantitative estimate of drug-likeness (QED) is 0.160. The number of rotatable bonds is 7. The van der Waals surface area contributed by atoms with E-state index < -0.39 is 21.2 Å². The first-order chi connectivity index (χ1) is 22.3. The highest BCUT2D eigenvalue weighted by molar-refractivity contribution is 7.07. The van der Waals surface area contributed by atoms with Gasteiger partial charge in [-0.25, -0.2) is 4.99 Å². The second-order valence-corrected chi connectivity index (χ2v) is 11.7. The summed E-state index contributed by atoms with van der Waals surface area (Å²) in [5.41, 5.74) is 4.73. The molecule has 4 aromatic carbocycles. The van der Waals surface area contributed by atoms with E-state index in [0.717, 1.165) is 53.1 Å². The van der Waals surface area contributed by atoms with E-state index in [1.807, 2.05) is 36.4 Å². The number of aromatic nitrogens is 1. The molecule has 12 heteroatoms. The van der Waals surface area contributed by atoms with Crippen molar-refractivity contribution in [3.05, 3.63) is 159 Å². The zero-order chi connectivity index (χ0) is 31.9. The van der Waals surface area contributed by atoms with Crippen molar-refractivity contribution < 1.29 is 19.3 Å². The van der Waals surface area contributed by atoms with Gasteiger partial charge in [0.1, 0.15) is 11.5 Å². The zero-order valence-electron chi connectivity index (χ0n) is 24.3. The van der Waals surface area contributed by atoms with Crippen LogP contribution in [-0.4, -0.2) is 21.5 Å². The molecule has 7 rings (SSSR count). The van der Waals surface area contributed by atoms with E-state index in [1.165, 1.54) is 23.0 Å². The first-order valence-corrected chi connectivity index (χ1v) is 15.1. The number of hydrogen-bond donors (Lipinski definition) is 0. The average molecular weight is 633 g/mol. The predicted molar refractivity (Wildman–Crippen MR) is 172 cm³/mol. The van der Waals surface area contributed by atoms with E-state index in [-0.39, 0.29) is 23.1 Å². The van der Waals surface area contributed by atoms with Crippen molar-refractivity contribution in [2.45, 2.75) is 18.9 Å². The summed E-state index contributed by atoms with van der Waals surface area (Å²) in [6.07, 6.45) is 3.36. The number of non-ortho nitro benzene ring substituents is 1. The molecule has 2 aliphatic rings. The van der Waals surface area contributed by atoms with Crippen LogP contribution < -0.4 is 24.4 Å². The molecule has 5 aromatic rings. The Hall–Kier alpha value is -5.88. The number of aryl methyl sites for hydroxylation is 1. The largest absolute Gasteiger partial charge is 0.497 e. The smallest absolute Gasteiger partial charge is 0.318 e. The molecule has 0 saturated carbocycles. The van der Waals surface area contributed by atoms with Crippen molar-refractivity contribution in [1.29, 1.82) is 0 Å². The molecule has 0 spiro atoms. The van der Waals surface area contributed by atoms with Gasteiger partial charge in [0.15, 0.2) is 4.80 Å². The highest BCUT2D eigenvalue weighted by Crippen LogP contribution is 2.41. The van der Waals surface area contributed by atoms with Gasteiger partial charge in [0, 0.05) is 11.6 Å². The molecule has 11 nitrogen and oxygen atoms in total. The molecule has 46 heavy (non-hydrogen) atoms. The van der Waals surface area contributed by atoms with Gasteiger partial charge >= 0.3 is 5.69 Å². The fourth-order valence-corrected chi connectivity index (χ4v) is 6.90. The maximum atomic E-state index is 14.1. The van der Waals surface area contributed by atoms with Crippen molar-refractivity contribution in [2.24, 2.45) is 4.99 Å². The Kier molecular flexibility index (Phi) is 7.26. The number of thiazole rings is 1. The molecule has 228 valence electrons. The van der Waals surface area contributed by atoms with Gasteiger partial charge in [-0.2, -0.15) is 0 Å². The molecule has 1 aliphatic carbocycles. The van der Waals surface area contributed by atoms with E-state index in [9.17, 15) is 25.0 Å². The molecule has 1 aliphatic heterocycles. The molecule has 0 fully saturated rings.